The summed E-state index contributed by atoms with van der Waals surface area (Å²) in [6.45, 7) is 7.24. The van der Waals surface area contributed by atoms with E-state index in [1.165, 1.54) is 0 Å². The summed E-state index contributed by atoms with van der Waals surface area (Å²) in [7, 11) is 1.58. The second-order valence-electron chi connectivity index (χ2n) is 8.19. The predicted molar refractivity (Wildman–Crippen MR) is 119 cm³/mol. The van der Waals surface area contributed by atoms with E-state index in [9.17, 15) is 9.59 Å². The van der Waals surface area contributed by atoms with E-state index in [1.54, 1.807) is 36.3 Å². The van der Waals surface area contributed by atoms with E-state index in [0.29, 0.717) is 47.1 Å². The molecule has 162 valence electrons. The third-order valence-corrected chi connectivity index (χ3v) is 5.41. The largest absolute Gasteiger partial charge is 0.493 e. The van der Waals surface area contributed by atoms with Crippen LogP contribution in [-0.2, 0) is 0 Å². The van der Waals surface area contributed by atoms with Gasteiger partial charge < -0.3 is 18.8 Å². The Morgan fingerprint density at radius 2 is 1.87 bits per heavy atom. The van der Waals surface area contributed by atoms with Gasteiger partial charge in [-0.2, -0.15) is 0 Å². The van der Waals surface area contributed by atoms with Crippen molar-refractivity contribution in [3.63, 3.8) is 0 Å². The van der Waals surface area contributed by atoms with Crippen molar-refractivity contribution in [3.8, 4) is 11.5 Å². The molecule has 1 atom stereocenters. The molecule has 0 fully saturated rings. The first-order valence-corrected chi connectivity index (χ1v) is 10.6. The molecule has 0 spiro atoms. The van der Waals surface area contributed by atoms with Crippen LogP contribution in [0.15, 0.2) is 51.7 Å². The van der Waals surface area contributed by atoms with Crippen molar-refractivity contribution in [2.24, 2.45) is 5.92 Å². The molecular weight excluding hydrogens is 394 g/mol. The first-order chi connectivity index (χ1) is 15.0. The summed E-state index contributed by atoms with van der Waals surface area (Å²) in [6, 6.07) is 12.1. The van der Waals surface area contributed by atoms with Gasteiger partial charge in [0.1, 0.15) is 5.58 Å². The number of hydrogen-bond acceptors (Lipinski definition) is 5. The van der Waals surface area contributed by atoms with Gasteiger partial charge in [0.15, 0.2) is 16.9 Å². The van der Waals surface area contributed by atoms with Gasteiger partial charge in [-0.1, -0.05) is 39.0 Å². The van der Waals surface area contributed by atoms with Crippen LogP contribution in [0, 0.1) is 5.92 Å². The summed E-state index contributed by atoms with van der Waals surface area (Å²) < 4.78 is 17.3. The lowest BCUT2D eigenvalue weighted by molar-refractivity contribution is 0.0728. The molecule has 0 radical (unpaired) electrons. The smallest absolute Gasteiger partial charge is 0.290 e. The highest BCUT2D eigenvalue weighted by atomic mass is 16.5. The zero-order valence-corrected chi connectivity index (χ0v) is 18.3. The van der Waals surface area contributed by atoms with Crippen molar-refractivity contribution in [3.05, 3.63) is 69.6 Å². The number of benzene rings is 2. The van der Waals surface area contributed by atoms with Crippen molar-refractivity contribution in [1.29, 1.82) is 0 Å². The van der Waals surface area contributed by atoms with E-state index >= 15 is 0 Å². The van der Waals surface area contributed by atoms with Crippen LogP contribution in [0.1, 0.15) is 54.9 Å². The molecule has 4 rings (SSSR count). The monoisotopic (exact) mass is 421 g/mol. The Hall–Kier alpha value is -3.28. The predicted octanol–water partition coefficient (Wildman–Crippen LogP) is 4.79. The zero-order chi connectivity index (χ0) is 22.1. The van der Waals surface area contributed by atoms with Gasteiger partial charge in [-0.05, 0) is 42.2 Å². The van der Waals surface area contributed by atoms with Gasteiger partial charge >= 0.3 is 0 Å². The van der Waals surface area contributed by atoms with Gasteiger partial charge in [0.05, 0.1) is 30.7 Å². The number of nitrogens with zero attached hydrogens (tertiary/aromatic N) is 1. The molecule has 0 bridgehead atoms. The molecule has 0 aliphatic carbocycles. The molecule has 6 heteroatoms. The van der Waals surface area contributed by atoms with E-state index in [4.69, 9.17) is 13.9 Å². The summed E-state index contributed by atoms with van der Waals surface area (Å²) in [4.78, 5) is 28.3. The van der Waals surface area contributed by atoms with Crippen molar-refractivity contribution in [1.82, 2.24) is 4.90 Å². The first-order valence-electron chi connectivity index (χ1n) is 10.6. The van der Waals surface area contributed by atoms with Gasteiger partial charge in [-0.3, -0.25) is 9.59 Å². The fourth-order valence-corrected chi connectivity index (χ4v) is 4.02. The number of hydrogen-bond donors (Lipinski definition) is 0. The van der Waals surface area contributed by atoms with Crippen molar-refractivity contribution in [2.75, 3.05) is 20.3 Å². The van der Waals surface area contributed by atoms with Crippen LogP contribution in [0.3, 0.4) is 0 Å². The molecular formula is C25H27NO5. The highest BCUT2D eigenvalue weighted by Crippen LogP contribution is 2.41. The third-order valence-electron chi connectivity index (χ3n) is 5.41. The average Bonchev–Trinajstić information content (AvgIpc) is 3.04. The Kier molecular flexibility index (Phi) is 5.72. The number of para-hydroxylation sites is 1. The normalized spacial score (nSPS) is 15.6. The Balaban J connectivity index is 1.86. The quantitative estimate of drug-likeness (QED) is 0.549. The minimum Gasteiger partial charge on any atom is -0.493 e. The lowest BCUT2D eigenvalue weighted by Gasteiger charge is -2.25. The molecule has 1 amide bonds. The van der Waals surface area contributed by atoms with Crippen LogP contribution >= 0.6 is 0 Å². The molecule has 0 saturated carbocycles. The maximum atomic E-state index is 13.4. The zero-order valence-electron chi connectivity index (χ0n) is 18.3. The molecule has 31 heavy (non-hydrogen) atoms. The van der Waals surface area contributed by atoms with E-state index < -0.39 is 6.04 Å². The van der Waals surface area contributed by atoms with E-state index in [1.807, 2.05) is 25.1 Å². The second kappa shape index (κ2) is 8.46. The van der Waals surface area contributed by atoms with Crippen molar-refractivity contribution in [2.45, 2.75) is 33.2 Å². The minimum atomic E-state index is -0.531. The van der Waals surface area contributed by atoms with Gasteiger partial charge in [0.25, 0.3) is 5.91 Å². The van der Waals surface area contributed by atoms with Crippen molar-refractivity contribution < 1.29 is 18.7 Å². The van der Waals surface area contributed by atoms with Gasteiger partial charge in [-0.15, -0.1) is 0 Å². The second-order valence-corrected chi connectivity index (χ2v) is 8.19. The van der Waals surface area contributed by atoms with Crippen molar-refractivity contribution >= 4 is 16.9 Å². The van der Waals surface area contributed by atoms with E-state index in [0.717, 1.165) is 12.0 Å². The summed E-state index contributed by atoms with van der Waals surface area (Å²) >= 11 is 0. The summed E-state index contributed by atoms with van der Waals surface area (Å²) in [5, 5.41) is 0.473. The summed E-state index contributed by atoms with van der Waals surface area (Å²) in [6.07, 6.45) is 0.761. The number of carbonyl (C=O) groups excluding carboxylic acids is 1. The fourth-order valence-electron chi connectivity index (χ4n) is 4.02. The molecule has 2 aromatic carbocycles. The average molecular weight is 421 g/mol. The molecule has 2 heterocycles. The molecule has 1 aromatic heterocycles. The molecule has 1 aliphatic heterocycles. The van der Waals surface area contributed by atoms with Crippen LogP contribution < -0.4 is 14.9 Å². The lowest BCUT2D eigenvalue weighted by atomic mass is 9.98. The molecule has 0 N–H and O–H groups in total. The number of rotatable bonds is 7. The van der Waals surface area contributed by atoms with Crippen LogP contribution in [0.25, 0.3) is 11.0 Å². The third kappa shape index (κ3) is 3.67. The van der Waals surface area contributed by atoms with Crippen LogP contribution in [0.5, 0.6) is 11.5 Å². The summed E-state index contributed by atoms with van der Waals surface area (Å²) in [5.74, 6) is 1.45. The minimum absolute atomic E-state index is 0.126. The highest BCUT2D eigenvalue weighted by molar-refractivity contribution is 5.99. The SMILES string of the molecule is CCCN1C(=O)c2oc3ccccc3c(=O)c2[C@H]1c1ccc(OCC(C)C)c(OC)c1. The number of carbonyl (C=O) groups is 1. The molecule has 0 unspecified atom stereocenters. The fraction of sp³-hybridized carbons (Fsp3) is 0.360. The number of fused-ring (bicyclic) bond motifs is 2. The molecule has 6 nitrogen and oxygen atoms in total. The standard InChI is InChI=1S/C25H27NO5/c1-5-12-26-22(16-10-11-19(20(13-16)29-4)30-14-15(2)3)21-23(27)17-8-6-7-9-18(17)31-24(21)25(26)28/h6-11,13,15,22H,5,12,14H2,1-4H3/t22-/m1/s1. The molecule has 1 aliphatic rings. The lowest BCUT2D eigenvalue weighted by Crippen LogP contribution is -2.30. The molecule has 3 aromatic rings. The van der Waals surface area contributed by atoms with E-state index in [-0.39, 0.29) is 17.1 Å². The van der Waals surface area contributed by atoms with Gasteiger partial charge in [0.2, 0.25) is 5.76 Å². The Labute approximate surface area is 181 Å². The van der Waals surface area contributed by atoms with E-state index in [2.05, 4.69) is 13.8 Å². The number of ether oxygens (including phenoxy) is 2. The number of methoxy groups -OCH3 is 1. The topological polar surface area (TPSA) is 69.0 Å². The first kappa shape index (κ1) is 21.0. The Morgan fingerprint density at radius 1 is 1.10 bits per heavy atom. The maximum absolute atomic E-state index is 13.4. The highest BCUT2D eigenvalue weighted by Gasteiger charge is 2.42. The number of amides is 1. The summed E-state index contributed by atoms with van der Waals surface area (Å²) in [5.41, 5.74) is 1.42. The van der Waals surface area contributed by atoms with Crippen LogP contribution in [-0.4, -0.2) is 31.1 Å². The van der Waals surface area contributed by atoms with Gasteiger partial charge in [-0.25, -0.2) is 0 Å². The Bertz CT molecular complexity index is 1180. The van der Waals surface area contributed by atoms with Crippen LogP contribution in [0.4, 0.5) is 0 Å². The van der Waals surface area contributed by atoms with Gasteiger partial charge in [0, 0.05) is 6.54 Å². The molecule has 0 saturated heterocycles. The van der Waals surface area contributed by atoms with Crippen LogP contribution in [0.2, 0.25) is 0 Å². The maximum Gasteiger partial charge on any atom is 0.290 e. The Morgan fingerprint density at radius 3 is 2.58 bits per heavy atom.